The summed E-state index contributed by atoms with van der Waals surface area (Å²) in [5.74, 6) is 2.58. The third kappa shape index (κ3) is 2.36. The molecule has 0 aromatic carbocycles. The molecule has 0 amide bonds. The SMILES string of the molecule is CC1CNCC1CNCc1ccco1. The Kier molecular flexibility index (Phi) is 3.22. The fourth-order valence-corrected chi connectivity index (χ4v) is 1.93. The first-order valence-electron chi connectivity index (χ1n) is 5.30. The minimum atomic E-state index is 0.768. The first-order chi connectivity index (χ1) is 6.86. The van der Waals surface area contributed by atoms with Gasteiger partial charge in [0.25, 0.3) is 0 Å². The van der Waals surface area contributed by atoms with Crippen LogP contribution in [0.2, 0.25) is 0 Å². The van der Waals surface area contributed by atoms with Crippen LogP contribution in [0, 0.1) is 11.8 Å². The molecule has 3 nitrogen and oxygen atoms in total. The van der Waals surface area contributed by atoms with Crippen LogP contribution >= 0.6 is 0 Å². The zero-order valence-corrected chi connectivity index (χ0v) is 8.62. The molecule has 1 aliphatic heterocycles. The molecule has 2 rings (SSSR count). The molecular formula is C11H18N2O. The Morgan fingerprint density at radius 1 is 1.57 bits per heavy atom. The lowest BCUT2D eigenvalue weighted by atomic mass is 9.98. The van der Waals surface area contributed by atoms with Crippen molar-refractivity contribution in [1.82, 2.24) is 10.6 Å². The van der Waals surface area contributed by atoms with E-state index < -0.39 is 0 Å². The lowest BCUT2D eigenvalue weighted by Gasteiger charge is -2.13. The molecule has 1 aromatic heterocycles. The maximum absolute atomic E-state index is 5.25. The summed E-state index contributed by atoms with van der Waals surface area (Å²) >= 11 is 0. The van der Waals surface area contributed by atoms with E-state index in [0.717, 1.165) is 43.8 Å². The number of rotatable bonds is 4. The van der Waals surface area contributed by atoms with E-state index in [1.807, 2.05) is 12.1 Å². The lowest BCUT2D eigenvalue weighted by molar-refractivity contribution is 0.402. The van der Waals surface area contributed by atoms with Crippen molar-refractivity contribution < 1.29 is 4.42 Å². The van der Waals surface area contributed by atoms with Crippen LogP contribution in [-0.4, -0.2) is 19.6 Å². The highest BCUT2D eigenvalue weighted by atomic mass is 16.3. The van der Waals surface area contributed by atoms with Gasteiger partial charge in [-0.05, 0) is 43.6 Å². The summed E-state index contributed by atoms with van der Waals surface area (Å²) in [7, 11) is 0. The summed E-state index contributed by atoms with van der Waals surface area (Å²) in [6.07, 6.45) is 1.72. The Labute approximate surface area is 84.9 Å². The molecule has 14 heavy (non-hydrogen) atoms. The van der Waals surface area contributed by atoms with Crippen molar-refractivity contribution in [3.63, 3.8) is 0 Å². The van der Waals surface area contributed by atoms with E-state index in [1.54, 1.807) is 6.26 Å². The van der Waals surface area contributed by atoms with Gasteiger partial charge in [0.1, 0.15) is 5.76 Å². The van der Waals surface area contributed by atoms with Gasteiger partial charge >= 0.3 is 0 Å². The second-order valence-electron chi connectivity index (χ2n) is 4.11. The maximum Gasteiger partial charge on any atom is 0.117 e. The minimum Gasteiger partial charge on any atom is -0.468 e. The molecule has 78 valence electrons. The van der Waals surface area contributed by atoms with Gasteiger partial charge in [-0.1, -0.05) is 6.92 Å². The number of hydrogen-bond donors (Lipinski definition) is 2. The topological polar surface area (TPSA) is 37.2 Å². The molecule has 1 saturated heterocycles. The highest BCUT2D eigenvalue weighted by Gasteiger charge is 2.22. The quantitative estimate of drug-likeness (QED) is 0.757. The second-order valence-corrected chi connectivity index (χ2v) is 4.11. The lowest BCUT2D eigenvalue weighted by Crippen LogP contribution is -2.26. The molecule has 3 heteroatoms. The van der Waals surface area contributed by atoms with Crippen molar-refractivity contribution in [2.75, 3.05) is 19.6 Å². The van der Waals surface area contributed by atoms with Crippen LogP contribution in [-0.2, 0) is 6.54 Å². The van der Waals surface area contributed by atoms with Crippen LogP contribution in [0.3, 0.4) is 0 Å². The van der Waals surface area contributed by atoms with Crippen LogP contribution < -0.4 is 10.6 Å². The Balaban J connectivity index is 1.68. The minimum absolute atomic E-state index is 0.768. The van der Waals surface area contributed by atoms with Crippen molar-refractivity contribution in [2.45, 2.75) is 13.5 Å². The largest absolute Gasteiger partial charge is 0.468 e. The van der Waals surface area contributed by atoms with E-state index in [4.69, 9.17) is 4.42 Å². The van der Waals surface area contributed by atoms with Gasteiger partial charge in [-0.2, -0.15) is 0 Å². The fourth-order valence-electron chi connectivity index (χ4n) is 1.93. The van der Waals surface area contributed by atoms with Crippen LogP contribution in [0.1, 0.15) is 12.7 Å². The number of hydrogen-bond acceptors (Lipinski definition) is 3. The Hall–Kier alpha value is -0.800. The van der Waals surface area contributed by atoms with E-state index in [1.165, 1.54) is 0 Å². The van der Waals surface area contributed by atoms with Gasteiger partial charge in [0.15, 0.2) is 0 Å². The third-order valence-electron chi connectivity index (χ3n) is 2.96. The van der Waals surface area contributed by atoms with Crippen molar-refractivity contribution in [1.29, 1.82) is 0 Å². The average molecular weight is 194 g/mol. The number of nitrogens with one attached hydrogen (secondary N) is 2. The van der Waals surface area contributed by atoms with Gasteiger partial charge in [0, 0.05) is 0 Å². The summed E-state index contributed by atoms with van der Waals surface area (Å²) in [5, 5.41) is 6.83. The van der Waals surface area contributed by atoms with Crippen molar-refractivity contribution >= 4 is 0 Å². The Bertz CT molecular complexity index is 258. The molecule has 2 N–H and O–H groups in total. The van der Waals surface area contributed by atoms with E-state index in [0.29, 0.717) is 0 Å². The molecule has 1 fully saturated rings. The highest BCUT2D eigenvalue weighted by Crippen LogP contribution is 2.14. The summed E-state index contributed by atoms with van der Waals surface area (Å²) in [5.41, 5.74) is 0. The van der Waals surface area contributed by atoms with Gasteiger partial charge < -0.3 is 15.1 Å². The molecule has 1 aromatic rings. The van der Waals surface area contributed by atoms with Crippen LogP contribution in [0.25, 0.3) is 0 Å². The van der Waals surface area contributed by atoms with Crippen LogP contribution in [0.4, 0.5) is 0 Å². The molecule has 0 aliphatic carbocycles. The normalized spacial score (nSPS) is 26.9. The molecular weight excluding hydrogens is 176 g/mol. The molecule has 0 saturated carbocycles. The predicted octanol–water partition coefficient (Wildman–Crippen LogP) is 1.22. The highest BCUT2D eigenvalue weighted by molar-refractivity contribution is 4.97. The monoisotopic (exact) mass is 194 g/mol. The predicted molar refractivity (Wildman–Crippen MR) is 55.9 cm³/mol. The van der Waals surface area contributed by atoms with Gasteiger partial charge in [-0.15, -0.1) is 0 Å². The van der Waals surface area contributed by atoms with E-state index in [9.17, 15) is 0 Å². The fraction of sp³-hybridized carbons (Fsp3) is 0.636. The van der Waals surface area contributed by atoms with E-state index >= 15 is 0 Å². The zero-order chi connectivity index (χ0) is 9.80. The molecule has 0 spiro atoms. The first-order valence-corrected chi connectivity index (χ1v) is 5.30. The second kappa shape index (κ2) is 4.62. The Morgan fingerprint density at radius 3 is 3.14 bits per heavy atom. The van der Waals surface area contributed by atoms with Gasteiger partial charge in [0.2, 0.25) is 0 Å². The summed E-state index contributed by atoms with van der Waals surface area (Å²) in [4.78, 5) is 0. The van der Waals surface area contributed by atoms with Crippen molar-refractivity contribution in [2.24, 2.45) is 11.8 Å². The summed E-state index contributed by atoms with van der Waals surface area (Å²) in [6, 6.07) is 3.93. The van der Waals surface area contributed by atoms with Gasteiger partial charge in [-0.25, -0.2) is 0 Å². The van der Waals surface area contributed by atoms with E-state index in [2.05, 4.69) is 17.6 Å². The smallest absolute Gasteiger partial charge is 0.117 e. The van der Waals surface area contributed by atoms with Crippen molar-refractivity contribution in [3.8, 4) is 0 Å². The third-order valence-corrected chi connectivity index (χ3v) is 2.96. The number of furan rings is 1. The molecule has 0 bridgehead atoms. The van der Waals surface area contributed by atoms with Gasteiger partial charge in [-0.3, -0.25) is 0 Å². The van der Waals surface area contributed by atoms with Crippen molar-refractivity contribution in [3.05, 3.63) is 24.2 Å². The molecule has 0 radical (unpaired) electrons. The zero-order valence-electron chi connectivity index (χ0n) is 8.62. The van der Waals surface area contributed by atoms with Gasteiger partial charge in [0.05, 0.1) is 12.8 Å². The van der Waals surface area contributed by atoms with Crippen LogP contribution in [0.5, 0.6) is 0 Å². The molecule has 2 unspecified atom stereocenters. The van der Waals surface area contributed by atoms with E-state index in [-0.39, 0.29) is 0 Å². The maximum atomic E-state index is 5.25. The molecule has 2 heterocycles. The molecule has 2 atom stereocenters. The standard InChI is InChI=1S/C11H18N2O/c1-9-5-12-6-10(9)7-13-8-11-3-2-4-14-11/h2-4,9-10,12-13H,5-8H2,1H3. The summed E-state index contributed by atoms with van der Waals surface area (Å²) in [6.45, 7) is 6.53. The average Bonchev–Trinajstić information content (AvgIpc) is 2.78. The van der Waals surface area contributed by atoms with Crippen LogP contribution in [0.15, 0.2) is 22.8 Å². The molecule has 1 aliphatic rings. The summed E-state index contributed by atoms with van der Waals surface area (Å²) < 4.78 is 5.25. The Morgan fingerprint density at radius 2 is 2.50 bits per heavy atom. The first kappa shape index (κ1) is 9.74.